The lowest BCUT2D eigenvalue weighted by molar-refractivity contribution is -0.136. The molecule has 61 heavy (non-hydrogen) atoms. The monoisotopic (exact) mass is 819 g/mol. The molecule has 11 nitrogen and oxygen atoms in total. The Morgan fingerprint density at radius 2 is 1.33 bits per heavy atom. The molecule has 5 heterocycles. The Labute approximate surface area is 356 Å². The molecule has 3 atom stereocenters. The number of carbonyl (C=O) groups excluding carboxylic acids is 5. The van der Waals surface area contributed by atoms with Crippen molar-refractivity contribution in [2.45, 2.75) is 82.1 Å². The number of phenolic OH excluding ortho intramolecular Hbond substituents is 1. The third-order valence-corrected chi connectivity index (χ3v) is 14.9. The van der Waals surface area contributed by atoms with Crippen LogP contribution in [0.2, 0.25) is 0 Å². The fourth-order valence-corrected chi connectivity index (χ4v) is 11.3. The number of carbonyl (C=O) groups is 5. The third-order valence-electron chi connectivity index (χ3n) is 14.9. The van der Waals surface area contributed by atoms with Crippen LogP contribution in [0.25, 0.3) is 0 Å². The number of aromatic hydroxyl groups is 1. The standard InChI is InChI=1S/C50H53N5O6/c56-38-11-13-40-36(28-38)8-12-39(32-4-2-1-3-5-32)46(40)33-6-9-37(10-7-33)53-26-20-50(21-27-53)18-24-52(25-19-50)31-45(58)54-22-16-34-29-41-42(30-35(34)17-23-54)49(61)55(48(41)60)43-14-15-44(57)51-47(43)59/h1-7,9-11,13,28-30,39,43,46,56H,8,12,14-27,31H2,(H,51,57,59)/t39-,43?,46+/m1/s1. The van der Waals surface area contributed by atoms with Crippen LogP contribution in [-0.4, -0.2) is 101 Å². The highest BCUT2D eigenvalue weighted by Gasteiger charge is 2.45. The van der Waals surface area contributed by atoms with Crippen LogP contribution in [0.4, 0.5) is 5.69 Å². The fraction of sp³-hybridized carbons (Fsp3) is 0.420. The lowest BCUT2D eigenvalue weighted by Gasteiger charge is -2.47. The summed E-state index contributed by atoms with van der Waals surface area (Å²) in [4.78, 5) is 72.5. The van der Waals surface area contributed by atoms with E-state index in [9.17, 15) is 29.1 Å². The van der Waals surface area contributed by atoms with E-state index in [1.165, 1.54) is 27.9 Å². The topological polar surface area (TPSA) is 131 Å². The summed E-state index contributed by atoms with van der Waals surface area (Å²) in [6.45, 7) is 5.38. The van der Waals surface area contributed by atoms with Crippen LogP contribution >= 0.6 is 0 Å². The Morgan fingerprint density at radius 1 is 0.672 bits per heavy atom. The third kappa shape index (κ3) is 7.40. The minimum absolute atomic E-state index is 0.0834. The van der Waals surface area contributed by atoms with E-state index in [1.807, 2.05) is 17.0 Å². The number of phenols is 1. The maximum absolute atomic E-state index is 13.7. The molecule has 314 valence electrons. The second kappa shape index (κ2) is 15.9. The highest BCUT2D eigenvalue weighted by Crippen LogP contribution is 2.48. The van der Waals surface area contributed by atoms with Crippen molar-refractivity contribution in [3.05, 3.63) is 129 Å². The van der Waals surface area contributed by atoms with Gasteiger partial charge >= 0.3 is 0 Å². The van der Waals surface area contributed by atoms with Gasteiger partial charge in [0.05, 0.1) is 17.7 Å². The number of fused-ring (bicyclic) bond motifs is 3. The number of hydrogen-bond donors (Lipinski definition) is 2. The number of hydrogen-bond acceptors (Lipinski definition) is 8. The second-order valence-corrected chi connectivity index (χ2v) is 18.3. The van der Waals surface area contributed by atoms with Gasteiger partial charge < -0.3 is 14.9 Å². The highest BCUT2D eigenvalue weighted by atomic mass is 16.3. The maximum atomic E-state index is 13.7. The van der Waals surface area contributed by atoms with E-state index in [0.29, 0.717) is 60.7 Å². The summed E-state index contributed by atoms with van der Waals surface area (Å²) in [5.74, 6) is -0.938. The molecule has 5 amide bonds. The van der Waals surface area contributed by atoms with E-state index in [4.69, 9.17) is 0 Å². The van der Waals surface area contributed by atoms with Crippen molar-refractivity contribution in [2.24, 2.45) is 5.41 Å². The molecule has 4 aromatic carbocycles. The van der Waals surface area contributed by atoms with Crippen LogP contribution in [0.5, 0.6) is 5.75 Å². The van der Waals surface area contributed by atoms with Crippen molar-refractivity contribution in [3.63, 3.8) is 0 Å². The number of piperidine rings is 3. The first-order valence-electron chi connectivity index (χ1n) is 22.2. The zero-order valence-electron chi connectivity index (χ0n) is 34.6. The number of imide groups is 2. The van der Waals surface area contributed by atoms with Crippen molar-refractivity contribution in [1.82, 2.24) is 20.0 Å². The number of rotatable bonds is 6. The molecule has 11 heteroatoms. The molecule has 5 aliphatic heterocycles. The van der Waals surface area contributed by atoms with Crippen LogP contribution in [0.1, 0.15) is 111 Å². The van der Waals surface area contributed by atoms with Crippen molar-refractivity contribution >= 4 is 35.2 Å². The van der Waals surface area contributed by atoms with Crippen LogP contribution in [0, 0.1) is 5.41 Å². The van der Waals surface area contributed by atoms with Crippen LogP contribution in [-0.2, 0) is 33.6 Å². The first kappa shape index (κ1) is 39.3. The molecule has 10 rings (SSSR count). The van der Waals surface area contributed by atoms with Gasteiger partial charge in [0.2, 0.25) is 17.7 Å². The van der Waals surface area contributed by atoms with Gasteiger partial charge in [-0.2, -0.15) is 0 Å². The molecule has 0 saturated carbocycles. The van der Waals surface area contributed by atoms with E-state index in [2.05, 4.69) is 75.8 Å². The predicted molar refractivity (Wildman–Crippen MR) is 231 cm³/mol. The molecule has 3 fully saturated rings. The molecule has 0 radical (unpaired) electrons. The number of nitrogens with zero attached hydrogens (tertiary/aromatic N) is 4. The lowest BCUT2D eigenvalue weighted by atomic mass is 9.69. The molecule has 6 aliphatic rings. The van der Waals surface area contributed by atoms with Crippen molar-refractivity contribution < 1.29 is 29.1 Å². The average molecular weight is 820 g/mol. The van der Waals surface area contributed by atoms with E-state index in [0.717, 1.165) is 80.7 Å². The van der Waals surface area contributed by atoms with Crippen molar-refractivity contribution in [1.29, 1.82) is 0 Å². The average Bonchev–Trinajstić information content (AvgIpc) is 3.38. The number of anilines is 1. The van der Waals surface area contributed by atoms with E-state index < -0.39 is 29.7 Å². The molecular formula is C50H53N5O6. The van der Waals surface area contributed by atoms with Gasteiger partial charge in [-0.25, -0.2) is 0 Å². The minimum Gasteiger partial charge on any atom is -0.508 e. The summed E-state index contributed by atoms with van der Waals surface area (Å²) in [5.41, 5.74) is 9.33. The van der Waals surface area contributed by atoms with Crippen molar-refractivity contribution in [2.75, 3.05) is 50.7 Å². The summed E-state index contributed by atoms with van der Waals surface area (Å²) < 4.78 is 0. The highest BCUT2D eigenvalue weighted by molar-refractivity contribution is 6.23. The summed E-state index contributed by atoms with van der Waals surface area (Å²) in [7, 11) is 0. The van der Waals surface area contributed by atoms with Gasteiger partial charge in [0.15, 0.2) is 0 Å². The van der Waals surface area contributed by atoms with Crippen molar-refractivity contribution in [3.8, 4) is 5.75 Å². The Hall–Kier alpha value is -5.81. The second-order valence-electron chi connectivity index (χ2n) is 18.3. The molecular weight excluding hydrogens is 767 g/mol. The molecule has 3 saturated heterocycles. The Balaban J connectivity index is 0.722. The van der Waals surface area contributed by atoms with Gasteiger partial charge in [0, 0.05) is 44.2 Å². The zero-order valence-corrected chi connectivity index (χ0v) is 34.6. The number of amides is 5. The largest absolute Gasteiger partial charge is 0.508 e. The van der Waals surface area contributed by atoms with Gasteiger partial charge in [-0.3, -0.25) is 39.1 Å². The van der Waals surface area contributed by atoms with Crippen LogP contribution in [0.15, 0.2) is 84.9 Å². The SMILES string of the molecule is O=C1CCC(N2C(=O)c3cc4c(cc3C2=O)CCN(C(=O)CN2CCC3(CC2)CCN(c2ccc([C@@H]5c6ccc(O)cc6CC[C@@H]5c5ccccc5)cc2)CC3)CC4)C(=O)N1. The van der Waals surface area contributed by atoms with Crippen LogP contribution in [0.3, 0.4) is 0 Å². The number of benzene rings is 4. The van der Waals surface area contributed by atoms with Crippen LogP contribution < -0.4 is 10.2 Å². The Morgan fingerprint density at radius 3 is 1.98 bits per heavy atom. The normalized spacial score (nSPS) is 23.9. The fourth-order valence-electron chi connectivity index (χ4n) is 11.3. The molecule has 1 spiro atoms. The maximum Gasteiger partial charge on any atom is 0.262 e. The Bertz CT molecular complexity index is 2350. The zero-order chi connectivity index (χ0) is 41.8. The first-order chi connectivity index (χ1) is 29.6. The molecule has 2 N–H and O–H groups in total. The van der Waals surface area contributed by atoms with Gasteiger partial charge in [-0.05, 0) is 152 Å². The summed E-state index contributed by atoms with van der Waals surface area (Å²) in [5, 5.41) is 12.5. The number of aryl methyl sites for hydroxylation is 1. The van der Waals surface area contributed by atoms with Gasteiger partial charge in [0.1, 0.15) is 11.8 Å². The first-order valence-corrected chi connectivity index (χ1v) is 22.2. The molecule has 1 aliphatic carbocycles. The Kier molecular flexibility index (Phi) is 10.3. The number of likely N-dealkylation sites (tertiary alicyclic amines) is 1. The van der Waals surface area contributed by atoms with E-state index in [1.54, 1.807) is 12.1 Å². The van der Waals surface area contributed by atoms with E-state index >= 15 is 0 Å². The van der Waals surface area contributed by atoms with Gasteiger partial charge in [-0.1, -0.05) is 48.5 Å². The molecule has 0 aromatic heterocycles. The number of nitrogens with one attached hydrogen (secondary N) is 1. The summed E-state index contributed by atoms with van der Waals surface area (Å²) in [6, 6.07) is 28.6. The molecule has 1 unspecified atom stereocenters. The molecule has 0 bridgehead atoms. The summed E-state index contributed by atoms with van der Waals surface area (Å²) in [6.07, 6.45) is 7.89. The van der Waals surface area contributed by atoms with Gasteiger partial charge in [0.25, 0.3) is 11.8 Å². The van der Waals surface area contributed by atoms with Gasteiger partial charge in [-0.15, -0.1) is 0 Å². The predicted octanol–water partition coefficient (Wildman–Crippen LogP) is 5.97. The molecule has 4 aromatic rings. The quantitative estimate of drug-likeness (QED) is 0.228. The summed E-state index contributed by atoms with van der Waals surface area (Å²) >= 11 is 0. The van der Waals surface area contributed by atoms with E-state index in [-0.39, 0.29) is 24.7 Å². The smallest absolute Gasteiger partial charge is 0.262 e. The lowest BCUT2D eigenvalue weighted by Crippen LogP contribution is -2.54. The minimum atomic E-state index is -0.988.